The van der Waals surface area contributed by atoms with E-state index < -0.39 is 0 Å². The van der Waals surface area contributed by atoms with Gasteiger partial charge in [-0.15, -0.1) is 0 Å². The van der Waals surface area contributed by atoms with Crippen LogP contribution in [0.5, 0.6) is 5.75 Å². The first kappa shape index (κ1) is 13.4. The number of hydrogen-bond acceptors (Lipinski definition) is 2. The van der Waals surface area contributed by atoms with Gasteiger partial charge >= 0.3 is 0 Å². The molecule has 2 heteroatoms. The minimum absolute atomic E-state index is 0.557. The van der Waals surface area contributed by atoms with Gasteiger partial charge in [0.2, 0.25) is 0 Å². The van der Waals surface area contributed by atoms with E-state index in [0.29, 0.717) is 6.04 Å². The third-order valence-corrected chi connectivity index (χ3v) is 3.91. The van der Waals surface area contributed by atoms with Crippen LogP contribution in [0.2, 0.25) is 0 Å². The van der Waals surface area contributed by atoms with Crippen LogP contribution < -0.4 is 4.74 Å². The molecule has 1 aliphatic rings. The molecule has 1 unspecified atom stereocenters. The van der Waals surface area contributed by atoms with Gasteiger partial charge in [-0.1, -0.05) is 38.0 Å². The Balaban J connectivity index is 2.16. The van der Waals surface area contributed by atoms with E-state index in [9.17, 15) is 0 Å². The molecule has 1 saturated heterocycles. The molecule has 2 nitrogen and oxygen atoms in total. The summed E-state index contributed by atoms with van der Waals surface area (Å²) >= 11 is 0. The number of unbranched alkanes of at least 4 members (excludes halogenated alkanes) is 1. The number of rotatable bonds is 5. The first-order valence-electron chi connectivity index (χ1n) is 7.23. The molecular weight excluding hydrogens is 222 g/mol. The molecule has 18 heavy (non-hydrogen) atoms. The number of benzene rings is 1. The SMILES string of the molecule is CCCCN1CCCCC1c1ccccc1OC. The van der Waals surface area contributed by atoms with E-state index in [-0.39, 0.29) is 0 Å². The van der Waals surface area contributed by atoms with Gasteiger partial charge < -0.3 is 4.74 Å². The van der Waals surface area contributed by atoms with Gasteiger partial charge in [-0.2, -0.15) is 0 Å². The van der Waals surface area contributed by atoms with Crippen molar-refractivity contribution in [1.82, 2.24) is 4.90 Å². The van der Waals surface area contributed by atoms with Gasteiger partial charge in [-0.05, 0) is 38.4 Å². The highest BCUT2D eigenvalue weighted by atomic mass is 16.5. The number of methoxy groups -OCH3 is 1. The third-order valence-electron chi connectivity index (χ3n) is 3.91. The summed E-state index contributed by atoms with van der Waals surface area (Å²) in [5.74, 6) is 1.05. The van der Waals surface area contributed by atoms with Crippen LogP contribution >= 0.6 is 0 Å². The van der Waals surface area contributed by atoms with E-state index in [1.807, 2.05) is 0 Å². The summed E-state index contributed by atoms with van der Waals surface area (Å²) in [5, 5.41) is 0. The molecule has 0 saturated carbocycles. The maximum Gasteiger partial charge on any atom is 0.123 e. The Morgan fingerprint density at radius 2 is 2.11 bits per heavy atom. The second kappa shape index (κ2) is 6.79. The number of piperidine rings is 1. The quantitative estimate of drug-likeness (QED) is 0.779. The fourth-order valence-corrected chi connectivity index (χ4v) is 2.91. The average Bonchev–Trinajstić information content (AvgIpc) is 2.45. The number of para-hydroxylation sites is 1. The lowest BCUT2D eigenvalue weighted by molar-refractivity contribution is 0.144. The molecule has 1 fully saturated rings. The fraction of sp³-hybridized carbons (Fsp3) is 0.625. The minimum atomic E-state index is 0.557. The van der Waals surface area contributed by atoms with Crippen molar-refractivity contribution in [2.75, 3.05) is 20.2 Å². The van der Waals surface area contributed by atoms with Crippen LogP contribution in [0, 0.1) is 0 Å². The topological polar surface area (TPSA) is 12.5 Å². The second-order valence-corrected chi connectivity index (χ2v) is 5.14. The zero-order valence-electron chi connectivity index (χ0n) is 11.7. The van der Waals surface area contributed by atoms with Crippen LogP contribution in [0.25, 0.3) is 0 Å². The molecule has 1 aromatic carbocycles. The number of nitrogens with zero attached hydrogens (tertiary/aromatic N) is 1. The second-order valence-electron chi connectivity index (χ2n) is 5.14. The van der Waals surface area contributed by atoms with E-state index in [1.54, 1.807) is 7.11 Å². The highest BCUT2D eigenvalue weighted by molar-refractivity contribution is 5.36. The van der Waals surface area contributed by atoms with Gasteiger partial charge in [0.05, 0.1) is 7.11 Å². The number of likely N-dealkylation sites (tertiary alicyclic amines) is 1. The van der Waals surface area contributed by atoms with Crippen LogP contribution in [-0.2, 0) is 0 Å². The van der Waals surface area contributed by atoms with E-state index in [4.69, 9.17) is 4.74 Å². The summed E-state index contributed by atoms with van der Waals surface area (Å²) in [7, 11) is 1.78. The molecule has 0 radical (unpaired) electrons. The molecule has 100 valence electrons. The molecule has 0 amide bonds. The summed E-state index contributed by atoms with van der Waals surface area (Å²) in [4.78, 5) is 2.64. The zero-order chi connectivity index (χ0) is 12.8. The number of ether oxygens (including phenoxy) is 1. The van der Waals surface area contributed by atoms with Crippen LogP contribution in [0.4, 0.5) is 0 Å². The maximum atomic E-state index is 5.52. The minimum Gasteiger partial charge on any atom is -0.496 e. The van der Waals surface area contributed by atoms with Gasteiger partial charge in [0.25, 0.3) is 0 Å². The smallest absolute Gasteiger partial charge is 0.123 e. The van der Waals surface area contributed by atoms with E-state index in [0.717, 1.165) is 5.75 Å². The van der Waals surface area contributed by atoms with Crippen LogP contribution in [0.3, 0.4) is 0 Å². The van der Waals surface area contributed by atoms with E-state index in [2.05, 4.69) is 36.1 Å². The number of hydrogen-bond donors (Lipinski definition) is 0. The highest BCUT2D eigenvalue weighted by Gasteiger charge is 2.25. The van der Waals surface area contributed by atoms with E-state index in [1.165, 1.54) is 50.8 Å². The predicted octanol–water partition coefficient (Wildman–Crippen LogP) is 4.02. The highest BCUT2D eigenvalue weighted by Crippen LogP contribution is 2.35. The molecule has 1 aliphatic heterocycles. The van der Waals surface area contributed by atoms with Crippen molar-refractivity contribution in [3.8, 4) is 5.75 Å². The third kappa shape index (κ3) is 3.05. The Bertz CT molecular complexity index is 364. The largest absolute Gasteiger partial charge is 0.496 e. The molecule has 1 aromatic rings. The van der Waals surface area contributed by atoms with E-state index >= 15 is 0 Å². The summed E-state index contributed by atoms with van der Waals surface area (Å²) in [6.45, 7) is 4.73. The van der Waals surface area contributed by atoms with Crippen LogP contribution in [0.15, 0.2) is 24.3 Å². The Hall–Kier alpha value is -1.02. The molecule has 1 atom stereocenters. The molecule has 0 spiro atoms. The lowest BCUT2D eigenvalue weighted by Crippen LogP contribution is -2.34. The van der Waals surface area contributed by atoms with Gasteiger partial charge in [0, 0.05) is 11.6 Å². The van der Waals surface area contributed by atoms with Crippen molar-refractivity contribution in [2.24, 2.45) is 0 Å². The van der Waals surface area contributed by atoms with Gasteiger partial charge in [-0.25, -0.2) is 0 Å². The van der Waals surface area contributed by atoms with Crippen molar-refractivity contribution in [3.05, 3.63) is 29.8 Å². The van der Waals surface area contributed by atoms with Crippen LogP contribution in [0.1, 0.15) is 50.6 Å². The summed E-state index contributed by atoms with van der Waals surface area (Å²) in [6, 6.07) is 9.06. The molecule has 0 N–H and O–H groups in total. The Morgan fingerprint density at radius 3 is 2.89 bits per heavy atom. The molecule has 2 rings (SSSR count). The normalized spacial score (nSPS) is 20.9. The standard InChI is InChI=1S/C16H25NO/c1-3-4-12-17-13-8-7-10-15(17)14-9-5-6-11-16(14)18-2/h5-6,9,11,15H,3-4,7-8,10,12-13H2,1-2H3. The van der Waals surface area contributed by atoms with Gasteiger partial charge in [0.15, 0.2) is 0 Å². The average molecular weight is 247 g/mol. The van der Waals surface area contributed by atoms with Gasteiger partial charge in [0.1, 0.15) is 5.75 Å². The monoisotopic (exact) mass is 247 g/mol. The molecule has 0 aromatic heterocycles. The lowest BCUT2D eigenvalue weighted by atomic mass is 9.94. The molecular formula is C16H25NO. The van der Waals surface area contributed by atoms with Crippen molar-refractivity contribution in [1.29, 1.82) is 0 Å². The maximum absolute atomic E-state index is 5.52. The summed E-state index contributed by atoms with van der Waals surface area (Å²) in [5.41, 5.74) is 1.37. The molecule has 0 aliphatic carbocycles. The van der Waals surface area contributed by atoms with Crippen molar-refractivity contribution >= 4 is 0 Å². The summed E-state index contributed by atoms with van der Waals surface area (Å²) < 4.78 is 5.52. The molecule has 0 bridgehead atoms. The Morgan fingerprint density at radius 1 is 1.28 bits per heavy atom. The van der Waals surface area contributed by atoms with Gasteiger partial charge in [-0.3, -0.25) is 4.90 Å². The Kier molecular flexibility index (Phi) is 5.06. The van der Waals surface area contributed by atoms with Crippen molar-refractivity contribution < 1.29 is 4.74 Å². The summed E-state index contributed by atoms with van der Waals surface area (Å²) in [6.07, 6.45) is 6.52. The predicted molar refractivity (Wildman–Crippen MR) is 76.1 cm³/mol. The zero-order valence-corrected chi connectivity index (χ0v) is 11.7. The fourth-order valence-electron chi connectivity index (χ4n) is 2.91. The van der Waals surface area contributed by atoms with Crippen LogP contribution in [-0.4, -0.2) is 25.1 Å². The first-order valence-corrected chi connectivity index (χ1v) is 7.23. The Labute approximate surface area is 111 Å². The lowest BCUT2D eigenvalue weighted by Gasteiger charge is -2.36. The first-order chi connectivity index (χ1) is 8.86. The molecule has 1 heterocycles. The van der Waals surface area contributed by atoms with Crippen molar-refractivity contribution in [3.63, 3.8) is 0 Å². The van der Waals surface area contributed by atoms with Crippen molar-refractivity contribution in [2.45, 2.75) is 45.1 Å².